The summed E-state index contributed by atoms with van der Waals surface area (Å²) in [6.45, 7) is 7.39. The molecule has 8 nitrogen and oxygen atoms in total. The van der Waals surface area contributed by atoms with E-state index < -0.39 is 35.4 Å². The lowest BCUT2D eigenvalue weighted by Crippen LogP contribution is -2.60. The number of amides is 2. The Bertz CT molecular complexity index is 438. The second-order valence-corrected chi connectivity index (χ2v) is 7.00. The maximum atomic E-state index is 12.3. The lowest BCUT2D eigenvalue weighted by molar-refractivity contribution is -0.143. The topological polar surface area (TPSA) is 148 Å². The number of hydrogen-bond donors (Lipinski definition) is 5. The highest BCUT2D eigenvalue weighted by atomic mass is 16.4. The molecule has 0 aliphatic carbocycles. The van der Waals surface area contributed by atoms with Gasteiger partial charge in [0.25, 0.3) is 0 Å². The van der Waals surface area contributed by atoms with Crippen molar-refractivity contribution in [2.75, 3.05) is 6.54 Å². The fourth-order valence-corrected chi connectivity index (χ4v) is 2.16. The van der Waals surface area contributed by atoms with Crippen LogP contribution < -0.4 is 22.1 Å². The van der Waals surface area contributed by atoms with E-state index in [0.29, 0.717) is 25.8 Å². The van der Waals surface area contributed by atoms with E-state index in [-0.39, 0.29) is 12.3 Å². The molecule has 0 rings (SSSR count). The van der Waals surface area contributed by atoms with Crippen molar-refractivity contribution in [1.29, 1.82) is 0 Å². The van der Waals surface area contributed by atoms with Crippen molar-refractivity contribution < 1.29 is 19.5 Å². The summed E-state index contributed by atoms with van der Waals surface area (Å²) in [5.41, 5.74) is 9.93. The van der Waals surface area contributed by atoms with Crippen molar-refractivity contribution in [2.24, 2.45) is 17.4 Å². The normalized spacial score (nSPS) is 14.1. The Kier molecular flexibility index (Phi) is 9.53. The number of nitrogens with two attached hydrogens (primary N) is 2. The maximum Gasteiger partial charge on any atom is 0.326 e. The number of carbonyl (C=O) groups excluding carboxylic acids is 2. The van der Waals surface area contributed by atoms with Gasteiger partial charge in [-0.15, -0.1) is 0 Å². The van der Waals surface area contributed by atoms with E-state index in [1.807, 2.05) is 13.8 Å². The second kappa shape index (κ2) is 10.2. The number of aliphatic carboxylic acids is 1. The van der Waals surface area contributed by atoms with Gasteiger partial charge in [0, 0.05) is 0 Å². The van der Waals surface area contributed by atoms with Gasteiger partial charge in [0.2, 0.25) is 11.8 Å². The first kappa shape index (κ1) is 22.3. The molecule has 2 amide bonds. The summed E-state index contributed by atoms with van der Waals surface area (Å²) in [4.78, 5) is 35.7. The average molecular weight is 344 g/mol. The van der Waals surface area contributed by atoms with Crippen LogP contribution in [-0.4, -0.2) is 47.1 Å². The lowest BCUT2D eigenvalue weighted by atomic mass is 9.99. The summed E-state index contributed by atoms with van der Waals surface area (Å²) >= 11 is 0. The summed E-state index contributed by atoms with van der Waals surface area (Å²) < 4.78 is 0. The molecule has 8 heteroatoms. The quantitative estimate of drug-likeness (QED) is 0.332. The molecule has 0 radical (unpaired) electrons. The van der Waals surface area contributed by atoms with E-state index in [0.717, 1.165) is 0 Å². The molecule has 0 aliphatic heterocycles. The molecule has 0 spiro atoms. The van der Waals surface area contributed by atoms with Crippen LogP contribution in [0.1, 0.15) is 53.4 Å². The maximum absolute atomic E-state index is 12.3. The van der Waals surface area contributed by atoms with E-state index in [1.165, 1.54) is 13.8 Å². The summed E-state index contributed by atoms with van der Waals surface area (Å²) in [5.74, 6) is -1.85. The zero-order chi connectivity index (χ0) is 18.9. The summed E-state index contributed by atoms with van der Waals surface area (Å²) in [6.07, 6.45) is 2.07. The third-order valence-electron chi connectivity index (χ3n) is 3.62. The van der Waals surface area contributed by atoms with Gasteiger partial charge in [-0.2, -0.15) is 0 Å². The largest absolute Gasteiger partial charge is 0.480 e. The molecule has 0 aromatic carbocycles. The number of rotatable bonds is 11. The van der Waals surface area contributed by atoms with Crippen LogP contribution in [-0.2, 0) is 14.4 Å². The molecule has 0 unspecified atom stereocenters. The summed E-state index contributed by atoms with van der Waals surface area (Å²) in [5, 5.41) is 14.3. The Morgan fingerprint density at radius 2 is 1.75 bits per heavy atom. The lowest BCUT2D eigenvalue weighted by Gasteiger charge is -2.28. The molecule has 0 aromatic rings. The minimum Gasteiger partial charge on any atom is -0.480 e. The van der Waals surface area contributed by atoms with Gasteiger partial charge in [-0.1, -0.05) is 13.8 Å². The Morgan fingerprint density at radius 3 is 2.21 bits per heavy atom. The van der Waals surface area contributed by atoms with Crippen LogP contribution in [0.2, 0.25) is 0 Å². The summed E-state index contributed by atoms with van der Waals surface area (Å²) in [6, 6.07) is -1.72. The van der Waals surface area contributed by atoms with E-state index >= 15 is 0 Å². The van der Waals surface area contributed by atoms with Crippen LogP contribution >= 0.6 is 0 Å². The first-order valence-corrected chi connectivity index (χ1v) is 8.32. The molecular weight excluding hydrogens is 312 g/mol. The third-order valence-corrected chi connectivity index (χ3v) is 3.62. The van der Waals surface area contributed by atoms with E-state index in [4.69, 9.17) is 11.5 Å². The van der Waals surface area contributed by atoms with E-state index in [2.05, 4.69) is 10.6 Å². The number of carbonyl (C=O) groups is 3. The molecule has 0 bridgehead atoms. The van der Waals surface area contributed by atoms with Crippen LogP contribution in [0.15, 0.2) is 0 Å². The van der Waals surface area contributed by atoms with Gasteiger partial charge in [0.05, 0.1) is 6.04 Å². The standard InChI is InChI=1S/C16H32N4O4/c1-10(2)9-11(18)13(21)20-16(3,4)15(24)19-12(14(22)23)7-5-6-8-17/h10-12H,5-9,17-18H2,1-4H3,(H,19,24)(H,20,21)(H,22,23)/t11-,12-/m0/s1. The minimum absolute atomic E-state index is 0.252. The molecule has 140 valence electrons. The number of unbranched alkanes of at least 4 members (excludes halogenated alkanes) is 1. The van der Waals surface area contributed by atoms with Crippen molar-refractivity contribution in [2.45, 2.75) is 71.0 Å². The first-order valence-electron chi connectivity index (χ1n) is 8.32. The van der Waals surface area contributed by atoms with E-state index in [9.17, 15) is 19.5 Å². The zero-order valence-electron chi connectivity index (χ0n) is 15.1. The molecule has 0 aromatic heterocycles. The molecule has 0 heterocycles. The number of nitrogens with one attached hydrogen (secondary N) is 2. The van der Waals surface area contributed by atoms with E-state index in [1.54, 1.807) is 0 Å². The number of carboxylic acids is 1. The van der Waals surface area contributed by atoms with Crippen molar-refractivity contribution in [3.8, 4) is 0 Å². The van der Waals surface area contributed by atoms with Crippen molar-refractivity contribution in [1.82, 2.24) is 10.6 Å². The Labute approximate surface area is 143 Å². The molecule has 0 saturated heterocycles. The Hall–Kier alpha value is -1.67. The molecule has 24 heavy (non-hydrogen) atoms. The van der Waals surface area contributed by atoms with Gasteiger partial charge >= 0.3 is 5.97 Å². The predicted molar refractivity (Wildman–Crippen MR) is 92.1 cm³/mol. The number of carboxylic acid groups (broad SMARTS) is 1. The van der Waals surface area contributed by atoms with Crippen LogP contribution in [0.3, 0.4) is 0 Å². The highest BCUT2D eigenvalue weighted by Crippen LogP contribution is 2.09. The van der Waals surface area contributed by atoms with Gasteiger partial charge in [0.1, 0.15) is 11.6 Å². The molecular formula is C16H32N4O4. The van der Waals surface area contributed by atoms with Crippen LogP contribution in [0.4, 0.5) is 0 Å². The third kappa shape index (κ3) is 8.26. The second-order valence-electron chi connectivity index (χ2n) is 7.00. The van der Waals surface area contributed by atoms with Crippen molar-refractivity contribution in [3.05, 3.63) is 0 Å². The minimum atomic E-state index is -1.26. The highest BCUT2D eigenvalue weighted by Gasteiger charge is 2.33. The monoisotopic (exact) mass is 344 g/mol. The molecule has 0 saturated carbocycles. The summed E-state index contributed by atoms with van der Waals surface area (Å²) in [7, 11) is 0. The van der Waals surface area contributed by atoms with Gasteiger partial charge < -0.3 is 27.2 Å². The highest BCUT2D eigenvalue weighted by molar-refractivity contribution is 5.94. The Morgan fingerprint density at radius 1 is 1.17 bits per heavy atom. The molecule has 0 fully saturated rings. The zero-order valence-corrected chi connectivity index (χ0v) is 15.1. The SMILES string of the molecule is CC(C)C[C@H](N)C(=O)NC(C)(C)C(=O)N[C@@H](CCCCN)C(=O)O. The molecule has 7 N–H and O–H groups in total. The number of hydrogen-bond acceptors (Lipinski definition) is 5. The van der Waals surface area contributed by atoms with Gasteiger partial charge in [-0.3, -0.25) is 9.59 Å². The van der Waals surface area contributed by atoms with Crippen LogP contribution in [0.5, 0.6) is 0 Å². The average Bonchev–Trinajstić information content (AvgIpc) is 2.44. The van der Waals surface area contributed by atoms with Gasteiger partial charge in [-0.25, -0.2) is 4.79 Å². The fraction of sp³-hybridized carbons (Fsp3) is 0.812. The van der Waals surface area contributed by atoms with Gasteiger partial charge in [-0.05, 0) is 52.0 Å². The first-order chi connectivity index (χ1) is 11.0. The smallest absolute Gasteiger partial charge is 0.326 e. The predicted octanol–water partition coefficient (Wildman–Crippen LogP) is -0.0470. The Balaban J connectivity index is 4.73. The van der Waals surface area contributed by atoms with Gasteiger partial charge in [0.15, 0.2) is 0 Å². The fourth-order valence-electron chi connectivity index (χ4n) is 2.16. The van der Waals surface area contributed by atoms with Crippen molar-refractivity contribution in [3.63, 3.8) is 0 Å². The van der Waals surface area contributed by atoms with Crippen LogP contribution in [0.25, 0.3) is 0 Å². The van der Waals surface area contributed by atoms with Crippen LogP contribution in [0, 0.1) is 5.92 Å². The molecule has 2 atom stereocenters. The van der Waals surface area contributed by atoms with Crippen molar-refractivity contribution >= 4 is 17.8 Å². The molecule has 0 aliphatic rings.